The normalized spacial score (nSPS) is 19.0. The topological polar surface area (TPSA) is 29.5 Å². The Morgan fingerprint density at radius 2 is 2.16 bits per heavy atom. The van der Waals surface area contributed by atoms with Gasteiger partial charge in [0.15, 0.2) is 0 Å². The first-order valence-corrected chi connectivity index (χ1v) is 6.54. The van der Waals surface area contributed by atoms with Crippen LogP contribution in [-0.2, 0) is 11.3 Å². The van der Waals surface area contributed by atoms with Crippen molar-refractivity contribution < 1.29 is 13.9 Å². The highest BCUT2D eigenvalue weighted by Gasteiger charge is 2.30. The summed E-state index contributed by atoms with van der Waals surface area (Å²) in [6.07, 6.45) is -1.72. The lowest BCUT2D eigenvalue weighted by atomic mass is 9.99. The van der Waals surface area contributed by atoms with Gasteiger partial charge in [-0.15, -0.1) is 0 Å². The van der Waals surface area contributed by atoms with Crippen molar-refractivity contribution in [3.8, 4) is 0 Å². The highest BCUT2D eigenvalue weighted by molar-refractivity contribution is 6.30. The summed E-state index contributed by atoms with van der Waals surface area (Å²) in [5.74, 6) is 0. The van der Waals surface area contributed by atoms with E-state index in [1.165, 1.54) is 4.90 Å². The molecule has 0 saturated heterocycles. The van der Waals surface area contributed by atoms with Crippen LogP contribution >= 0.6 is 11.6 Å². The van der Waals surface area contributed by atoms with Gasteiger partial charge in [0.25, 0.3) is 0 Å². The standard InChI is InChI=1S/C14H17ClFNO2/c1-14(2,3)19-13(18)17-7-9-4-5-10(15)6-11(9)12(16)8-17/h4-6,12H,7-8H2,1-3H3. The minimum atomic E-state index is -1.23. The van der Waals surface area contributed by atoms with Crippen molar-refractivity contribution in [2.75, 3.05) is 6.54 Å². The van der Waals surface area contributed by atoms with Gasteiger partial charge in [-0.2, -0.15) is 0 Å². The van der Waals surface area contributed by atoms with Crippen LogP contribution in [0.5, 0.6) is 0 Å². The highest BCUT2D eigenvalue weighted by atomic mass is 35.5. The molecule has 1 aromatic carbocycles. The van der Waals surface area contributed by atoms with E-state index >= 15 is 0 Å². The molecule has 0 spiro atoms. The zero-order valence-corrected chi connectivity index (χ0v) is 12.0. The van der Waals surface area contributed by atoms with Gasteiger partial charge in [-0.1, -0.05) is 17.7 Å². The second kappa shape index (κ2) is 5.00. The molecule has 0 radical (unpaired) electrons. The van der Waals surface area contributed by atoms with Crippen molar-refractivity contribution >= 4 is 17.7 Å². The largest absolute Gasteiger partial charge is 0.444 e. The van der Waals surface area contributed by atoms with Crippen LogP contribution in [0.15, 0.2) is 18.2 Å². The Kier molecular flexibility index (Phi) is 3.72. The molecule has 1 aromatic rings. The van der Waals surface area contributed by atoms with Crippen LogP contribution in [0.2, 0.25) is 5.02 Å². The summed E-state index contributed by atoms with van der Waals surface area (Å²) >= 11 is 5.86. The summed E-state index contributed by atoms with van der Waals surface area (Å²) in [6.45, 7) is 5.71. The van der Waals surface area contributed by atoms with Crippen molar-refractivity contribution in [3.05, 3.63) is 34.3 Å². The van der Waals surface area contributed by atoms with Crippen LogP contribution in [0.3, 0.4) is 0 Å². The number of halogens is 2. The van der Waals surface area contributed by atoms with Crippen molar-refractivity contribution in [2.45, 2.75) is 39.1 Å². The lowest BCUT2D eigenvalue weighted by molar-refractivity contribution is 0.0159. The molecule has 0 aromatic heterocycles. The van der Waals surface area contributed by atoms with Crippen LogP contribution in [-0.4, -0.2) is 23.1 Å². The van der Waals surface area contributed by atoms with Gasteiger partial charge in [-0.25, -0.2) is 9.18 Å². The first-order chi connectivity index (χ1) is 8.76. The molecule has 19 heavy (non-hydrogen) atoms. The third kappa shape index (κ3) is 3.38. The van der Waals surface area contributed by atoms with Crippen molar-refractivity contribution in [1.29, 1.82) is 0 Å². The van der Waals surface area contributed by atoms with Gasteiger partial charge >= 0.3 is 6.09 Å². The first kappa shape index (κ1) is 14.1. The number of amides is 1. The number of ether oxygens (including phenoxy) is 1. The van der Waals surface area contributed by atoms with Crippen molar-refractivity contribution in [3.63, 3.8) is 0 Å². The molecule has 0 aliphatic carbocycles. The van der Waals surface area contributed by atoms with Gasteiger partial charge in [-0.05, 0) is 44.0 Å². The molecule has 1 amide bonds. The Bertz CT molecular complexity index is 499. The van der Waals surface area contributed by atoms with Gasteiger partial charge < -0.3 is 9.64 Å². The lowest BCUT2D eigenvalue weighted by Gasteiger charge is -2.32. The zero-order valence-electron chi connectivity index (χ0n) is 11.2. The van der Waals surface area contributed by atoms with E-state index in [1.54, 1.807) is 39.0 Å². The molecule has 3 nitrogen and oxygen atoms in total. The van der Waals surface area contributed by atoms with E-state index in [-0.39, 0.29) is 6.54 Å². The number of alkyl halides is 1. The molecule has 1 unspecified atom stereocenters. The first-order valence-electron chi connectivity index (χ1n) is 6.16. The van der Waals surface area contributed by atoms with Crippen LogP contribution in [0.1, 0.15) is 38.1 Å². The number of rotatable bonds is 0. The Morgan fingerprint density at radius 3 is 2.79 bits per heavy atom. The summed E-state index contributed by atoms with van der Waals surface area (Å²) in [6, 6.07) is 5.07. The van der Waals surface area contributed by atoms with E-state index in [0.29, 0.717) is 17.1 Å². The average Bonchev–Trinajstić information content (AvgIpc) is 2.27. The smallest absolute Gasteiger partial charge is 0.410 e. The summed E-state index contributed by atoms with van der Waals surface area (Å²) < 4.78 is 19.4. The molecule has 5 heteroatoms. The number of hydrogen-bond acceptors (Lipinski definition) is 2. The van der Waals surface area contributed by atoms with Crippen molar-refractivity contribution in [1.82, 2.24) is 4.90 Å². The van der Waals surface area contributed by atoms with E-state index in [9.17, 15) is 9.18 Å². The minimum absolute atomic E-state index is 0.00224. The quantitative estimate of drug-likeness (QED) is 0.718. The predicted octanol–water partition coefficient (Wildman–Crippen LogP) is 4.10. The monoisotopic (exact) mass is 285 g/mol. The summed E-state index contributed by atoms with van der Waals surface area (Å²) in [4.78, 5) is 13.3. The highest BCUT2D eigenvalue weighted by Crippen LogP contribution is 2.32. The van der Waals surface area contributed by atoms with Crippen LogP contribution in [0.25, 0.3) is 0 Å². The molecule has 0 fully saturated rings. The molecule has 1 heterocycles. The Hall–Kier alpha value is -1.29. The van der Waals surface area contributed by atoms with E-state index in [2.05, 4.69) is 0 Å². The number of carbonyl (C=O) groups is 1. The van der Waals surface area contributed by atoms with E-state index in [1.807, 2.05) is 0 Å². The van der Waals surface area contributed by atoms with E-state index in [0.717, 1.165) is 5.56 Å². The van der Waals surface area contributed by atoms with Gasteiger partial charge in [0.1, 0.15) is 11.8 Å². The molecule has 1 aliphatic heterocycles. The maximum Gasteiger partial charge on any atom is 0.410 e. The Balaban J connectivity index is 2.17. The number of carbonyl (C=O) groups excluding carboxylic acids is 1. The Morgan fingerprint density at radius 1 is 1.47 bits per heavy atom. The summed E-state index contributed by atoms with van der Waals surface area (Å²) in [7, 11) is 0. The molecular formula is C14H17ClFNO2. The molecular weight excluding hydrogens is 269 g/mol. The molecule has 0 N–H and O–H groups in total. The van der Waals surface area contributed by atoms with Gasteiger partial charge in [0, 0.05) is 11.6 Å². The van der Waals surface area contributed by atoms with Crippen LogP contribution in [0.4, 0.5) is 9.18 Å². The molecule has 1 aliphatic rings. The Labute approximate surface area is 117 Å². The summed E-state index contributed by atoms with van der Waals surface area (Å²) in [5.41, 5.74) is 0.754. The predicted molar refractivity (Wildman–Crippen MR) is 71.9 cm³/mol. The number of benzene rings is 1. The number of hydrogen-bond donors (Lipinski definition) is 0. The van der Waals surface area contributed by atoms with Crippen LogP contribution < -0.4 is 0 Å². The maximum absolute atomic E-state index is 14.1. The molecule has 1 atom stereocenters. The third-order valence-electron chi connectivity index (χ3n) is 2.84. The van der Waals surface area contributed by atoms with E-state index in [4.69, 9.17) is 16.3 Å². The fourth-order valence-electron chi connectivity index (χ4n) is 2.03. The van der Waals surface area contributed by atoms with Gasteiger partial charge in [0.05, 0.1) is 6.54 Å². The molecule has 0 saturated carbocycles. The van der Waals surface area contributed by atoms with Crippen LogP contribution in [0, 0.1) is 0 Å². The number of nitrogens with zero attached hydrogens (tertiary/aromatic N) is 1. The lowest BCUT2D eigenvalue weighted by Crippen LogP contribution is -2.40. The maximum atomic E-state index is 14.1. The second-order valence-electron chi connectivity index (χ2n) is 5.67. The fraction of sp³-hybridized carbons (Fsp3) is 0.500. The second-order valence-corrected chi connectivity index (χ2v) is 6.11. The molecule has 104 valence electrons. The zero-order chi connectivity index (χ0) is 14.2. The number of fused-ring (bicyclic) bond motifs is 1. The SMILES string of the molecule is CC(C)(C)OC(=O)N1Cc2ccc(Cl)cc2C(F)C1. The average molecular weight is 286 g/mol. The molecule has 0 bridgehead atoms. The fourth-order valence-corrected chi connectivity index (χ4v) is 2.21. The minimum Gasteiger partial charge on any atom is -0.444 e. The molecule has 2 rings (SSSR count). The summed E-state index contributed by atoms with van der Waals surface area (Å²) in [5, 5.41) is 0.507. The van der Waals surface area contributed by atoms with Gasteiger partial charge in [-0.3, -0.25) is 0 Å². The van der Waals surface area contributed by atoms with Crippen molar-refractivity contribution in [2.24, 2.45) is 0 Å². The third-order valence-corrected chi connectivity index (χ3v) is 3.07. The van der Waals surface area contributed by atoms with Gasteiger partial charge in [0.2, 0.25) is 0 Å². The van der Waals surface area contributed by atoms with E-state index < -0.39 is 17.9 Å².